The highest BCUT2D eigenvalue weighted by Gasteiger charge is 2.03. The molecule has 1 heterocycles. The third kappa shape index (κ3) is 6.57. The summed E-state index contributed by atoms with van der Waals surface area (Å²) in [5, 5.41) is 14.9. The van der Waals surface area contributed by atoms with Gasteiger partial charge in [0.25, 0.3) is 0 Å². The Hall–Kier alpha value is -2.37. The average Bonchev–Trinajstić information content (AvgIpc) is 3.08. The van der Waals surface area contributed by atoms with Gasteiger partial charge < -0.3 is 15.2 Å². The zero-order chi connectivity index (χ0) is 17.9. The Morgan fingerprint density at radius 1 is 1.12 bits per heavy atom. The van der Waals surface area contributed by atoms with Gasteiger partial charge in [-0.2, -0.15) is 0 Å². The highest BCUT2D eigenvalue weighted by atomic mass is 15.3. The molecule has 136 valence electrons. The number of unbranched alkanes of at least 4 members (excludes halogenated alkanes) is 1. The van der Waals surface area contributed by atoms with Crippen molar-refractivity contribution in [2.24, 2.45) is 4.99 Å². The highest BCUT2D eigenvalue weighted by molar-refractivity contribution is 5.79. The number of guanidine groups is 1. The van der Waals surface area contributed by atoms with Crippen molar-refractivity contribution in [3.63, 3.8) is 0 Å². The van der Waals surface area contributed by atoms with Crippen molar-refractivity contribution < 1.29 is 0 Å². The lowest BCUT2D eigenvalue weighted by Gasteiger charge is -2.13. The van der Waals surface area contributed by atoms with Gasteiger partial charge in [0.15, 0.2) is 5.96 Å². The van der Waals surface area contributed by atoms with E-state index >= 15 is 0 Å². The lowest BCUT2D eigenvalue weighted by molar-refractivity contribution is 0.628. The predicted molar refractivity (Wildman–Crippen MR) is 103 cm³/mol. The van der Waals surface area contributed by atoms with Crippen molar-refractivity contribution in [3.8, 4) is 0 Å². The van der Waals surface area contributed by atoms with Crippen molar-refractivity contribution in [2.75, 3.05) is 13.1 Å². The van der Waals surface area contributed by atoms with Gasteiger partial charge in [-0.3, -0.25) is 0 Å². The van der Waals surface area contributed by atoms with E-state index in [1.165, 1.54) is 17.5 Å². The molecule has 0 aliphatic heterocycles. The molecule has 0 aliphatic rings. The van der Waals surface area contributed by atoms with E-state index in [2.05, 4.69) is 70.4 Å². The van der Waals surface area contributed by atoms with Crippen molar-refractivity contribution in [1.82, 2.24) is 25.4 Å². The summed E-state index contributed by atoms with van der Waals surface area (Å²) in [5.41, 5.74) is 2.49. The largest absolute Gasteiger partial charge is 0.356 e. The summed E-state index contributed by atoms with van der Waals surface area (Å²) in [7, 11) is 0. The van der Waals surface area contributed by atoms with E-state index in [9.17, 15) is 0 Å². The van der Waals surface area contributed by atoms with Crippen LogP contribution in [0.5, 0.6) is 0 Å². The quantitative estimate of drug-likeness (QED) is 0.418. The molecule has 0 aliphatic carbocycles. The molecule has 0 amide bonds. The second kappa shape index (κ2) is 10.5. The monoisotopic (exact) mass is 342 g/mol. The number of aryl methyl sites for hydroxylation is 2. The lowest BCUT2D eigenvalue weighted by Crippen LogP contribution is -2.39. The normalized spacial score (nSPS) is 11.6. The van der Waals surface area contributed by atoms with Crippen LogP contribution in [-0.4, -0.2) is 33.8 Å². The standard InChI is InChI=1S/C19H30N6/c1-4-6-11-20-19(22-14-17-9-7-16(3)8-10-17)21-12-13-25-15-23-24-18(25)5-2/h7-10,15H,4-6,11-14H2,1-3H3,(H2,20,21,22). The molecule has 2 rings (SSSR count). The second-order valence-corrected chi connectivity index (χ2v) is 6.15. The van der Waals surface area contributed by atoms with Gasteiger partial charge in [-0.15, -0.1) is 10.2 Å². The van der Waals surface area contributed by atoms with Crippen LogP contribution in [0.1, 0.15) is 43.6 Å². The Kier molecular flexibility index (Phi) is 7.95. The molecule has 0 saturated carbocycles. The molecule has 0 unspecified atom stereocenters. The number of aromatic nitrogens is 3. The number of rotatable bonds is 9. The minimum absolute atomic E-state index is 0.675. The molecule has 0 spiro atoms. The van der Waals surface area contributed by atoms with Gasteiger partial charge in [0.05, 0.1) is 6.54 Å². The lowest BCUT2D eigenvalue weighted by atomic mass is 10.1. The van der Waals surface area contributed by atoms with Crippen LogP contribution >= 0.6 is 0 Å². The summed E-state index contributed by atoms with van der Waals surface area (Å²) < 4.78 is 2.08. The Bertz CT molecular complexity index is 644. The van der Waals surface area contributed by atoms with E-state index in [0.717, 1.165) is 44.3 Å². The molecule has 25 heavy (non-hydrogen) atoms. The third-order valence-corrected chi connectivity index (χ3v) is 4.02. The van der Waals surface area contributed by atoms with Gasteiger partial charge in [0.2, 0.25) is 0 Å². The average molecular weight is 342 g/mol. The van der Waals surface area contributed by atoms with Gasteiger partial charge in [-0.05, 0) is 18.9 Å². The van der Waals surface area contributed by atoms with E-state index in [1.807, 2.05) is 0 Å². The summed E-state index contributed by atoms with van der Waals surface area (Å²) in [6, 6.07) is 8.52. The molecule has 6 nitrogen and oxygen atoms in total. The van der Waals surface area contributed by atoms with Crippen LogP contribution in [0, 0.1) is 6.92 Å². The third-order valence-electron chi connectivity index (χ3n) is 4.02. The Labute approximate surface area is 150 Å². The molecular formula is C19H30N6. The van der Waals surface area contributed by atoms with Gasteiger partial charge in [-0.25, -0.2) is 4.99 Å². The first kappa shape index (κ1) is 19.0. The van der Waals surface area contributed by atoms with E-state index in [1.54, 1.807) is 6.33 Å². The molecule has 0 radical (unpaired) electrons. The fraction of sp³-hybridized carbons (Fsp3) is 0.526. The van der Waals surface area contributed by atoms with Crippen LogP contribution in [0.25, 0.3) is 0 Å². The van der Waals surface area contributed by atoms with Crippen molar-refractivity contribution in [1.29, 1.82) is 0 Å². The number of hydrogen-bond acceptors (Lipinski definition) is 3. The highest BCUT2D eigenvalue weighted by Crippen LogP contribution is 2.04. The summed E-state index contributed by atoms with van der Waals surface area (Å²) >= 11 is 0. The molecular weight excluding hydrogens is 312 g/mol. The number of benzene rings is 1. The van der Waals surface area contributed by atoms with E-state index in [-0.39, 0.29) is 0 Å². The Morgan fingerprint density at radius 2 is 1.88 bits per heavy atom. The molecule has 2 N–H and O–H groups in total. The maximum Gasteiger partial charge on any atom is 0.191 e. The second-order valence-electron chi connectivity index (χ2n) is 6.15. The molecule has 6 heteroatoms. The van der Waals surface area contributed by atoms with Crippen LogP contribution < -0.4 is 10.6 Å². The Balaban J connectivity index is 1.89. The van der Waals surface area contributed by atoms with Crippen LogP contribution in [0.15, 0.2) is 35.6 Å². The fourth-order valence-corrected chi connectivity index (χ4v) is 2.46. The van der Waals surface area contributed by atoms with E-state index in [4.69, 9.17) is 4.99 Å². The van der Waals surface area contributed by atoms with Crippen LogP contribution in [-0.2, 0) is 19.5 Å². The SMILES string of the molecule is CCCCNC(=NCc1ccc(C)cc1)NCCn1cnnc1CC. The zero-order valence-electron chi connectivity index (χ0n) is 15.6. The smallest absolute Gasteiger partial charge is 0.191 e. The van der Waals surface area contributed by atoms with Gasteiger partial charge in [0, 0.05) is 26.1 Å². The van der Waals surface area contributed by atoms with Crippen molar-refractivity contribution >= 4 is 5.96 Å². The van der Waals surface area contributed by atoms with Gasteiger partial charge in [0.1, 0.15) is 12.2 Å². The molecule has 0 fully saturated rings. The molecule has 2 aromatic rings. The predicted octanol–water partition coefficient (Wildman–Crippen LogP) is 2.68. The molecule has 0 saturated heterocycles. The molecule has 1 aromatic heterocycles. The van der Waals surface area contributed by atoms with Crippen LogP contribution in [0.3, 0.4) is 0 Å². The summed E-state index contributed by atoms with van der Waals surface area (Å²) in [6.07, 6.45) is 4.98. The van der Waals surface area contributed by atoms with Crippen LogP contribution in [0.2, 0.25) is 0 Å². The Morgan fingerprint density at radius 3 is 2.60 bits per heavy atom. The first-order valence-corrected chi connectivity index (χ1v) is 9.17. The maximum absolute atomic E-state index is 4.71. The number of nitrogens with zero attached hydrogens (tertiary/aromatic N) is 4. The minimum Gasteiger partial charge on any atom is -0.356 e. The zero-order valence-corrected chi connectivity index (χ0v) is 15.6. The minimum atomic E-state index is 0.675. The van der Waals surface area contributed by atoms with Crippen LogP contribution in [0.4, 0.5) is 0 Å². The maximum atomic E-state index is 4.71. The van der Waals surface area contributed by atoms with Gasteiger partial charge >= 0.3 is 0 Å². The van der Waals surface area contributed by atoms with Crippen molar-refractivity contribution in [2.45, 2.75) is 53.1 Å². The number of hydrogen-bond donors (Lipinski definition) is 2. The number of nitrogens with one attached hydrogen (secondary N) is 2. The van der Waals surface area contributed by atoms with E-state index < -0.39 is 0 Å². The summed E-state index contributed by atoms with van der Waals surface area (Å²) in [5.74, 6) is 1.87. The molecule has 1 aromatic carbocycles. The summed E-state index contributed by atoms with van der Waals surface area (Å²) in [4.78, 5) is 4.71. The topological polar surface area (TPSA) is 67.1 Å². The van der Waals surface area contributed by atoms with Gasteiger partial charge in [-0.1, -0.05) is 50.1 Å². The van der Waals surface area contributed by atoms with E-state index in [0.29, 0.717) is 6.54 Å². The molecule has 0 bridgehead atoms. The summed E-state index contributed by atoms with van der Waals surface area (Å²) in [6.45, 7) is 9.61. The molecule has 0 atom stereocenters. The first-order chi connectivity index (χ1) is 12.2. The first-order valence-electron chi connectivity index (χ1n) is 9.17. The number of aliphatic imine (C=N–C) groups is 1. The van der Waals surface area contributed by atoms with Crippen molar-refractivity contribution in [3.05, 3.63) is 47.5 Å². The fourth-order valence-electron chi connectivity index (χ4n) is 2.46.